The summed E-state index contributed by atoms with van der Waals surface area (Å²) in [4.78, 5) is 19.3. The molecule has 0 atom stereocenters. The van der Waals surface area contributed by atoms with Gasteiger partial charge in [-0.05, 0) is 37.6 Å². The second-order valence-corrected chi connectivity index (χ2v) is 5.20. The van der Waals surface area contributed by atoms with Crippen LogP contribution in [0.25, 0.3) is 10.9 Å². The van der Waals surface area contributed by atoms with Gasteiger partial charge in [0.15, 0.2) is 0 Å². The number of nitrogens with one attached hydrogen (secondary N) is 2. The molecular weight excluding hydrogens is 262 g/mol. The lowest BCUT2D eigenvalue weighted by Gasteiger charge is -2.10. The van der Waals surface area contributed by atoms with Gasteiger partial charge in [-0.3, -0.25) is 4.79 Å². The molecule has 2 N–H and O–H groups in total. The van der Waals surface area contributed by atoms with Gasteiger partial charge in [0, 0.05) is 5.69 Å². The van der Waals surface area contributed by atoms with E-state index in [0.717, 1.165) is 11.2 Å². The highest BCUT2D eigenvalue weighted by atomic mass is 16.1. The molecule has 3 rings (SSSR count). The molecule has 1 heterocycles. The standard InChI is InChI=1S/C17H17N3O/c1-11-7-8-14(12(2)9-11)18-10-16-19-15-6-4-3-5-13(15)17(21)20-16/h3-9,18H,10H2,1-2H3,(H,19,20,21). The Labute approximate surface area is 122 Å². The van der Waals surface area contributed by atoms with Crippen LogP contribution in [0.5, 0.6) is 0 Å². The predicted octanol–water partition coefficient (Wildman–Crippen LogP) is 3.15. The maximum Gasteiger partial charge on any atom is 0.258 e. The number of H-pyrrole nitrogens is 1. The first-order valence-corrected chi connectivity index (χ1v) is 6.92. The number of hydrogen-bond acceptors (Lipinski definition) is 3. The van der Waals surface area contributed by atoms with Crippen molar-refractivity contribution in [3.63, 3.8) is 0 Å². The van der Waals surface area contributed by atoms with Crippen LogP contribution in [0.15, 0.2) is 47.3 Å². The molecule has 1 aromatic heterocycles. The van der Waals surface area contributed by atoms with E-state index in [2.05, 4.69) is 41.3 Å². The molecule has 4 heteroatoms. The van der Waals surface area contributed by atoms with Gasteiger partial charge in [-0.25, -0.2) is 4.98 Å². The number of para-hydroxylation sites is 1. The van der Waals surface area contributed by atoms with Gasteiger partial charge in [0.1, 0.15) is 5.82 Å². The summed E-state index contributed by atoms with van der Waals surface area (Å²) in [5.74, 6) is 0.638. The largest absolute Gasteiger partial charge is 0.378 e. The maximum absolute atomic E-state index is 12.0. The van der Waals surface area contributed by atoms with Gasteiger partial charge in [-0.2, -0.15) is 0 Å². The van der Waals surface area contributed by atoms with Crippen LogP contribution in [0.4, 0.5) is 5.69 Å². The Morgan fingerprint density at radius 3 is 2.76 bits per heavy atom. The van der Waals surface area contributed by atoms with Gasteiger partial charge in [-0.1, -0.05) is 29.8 Å². The number of anilines is 1. The fourth-order valence-corrected chi connectivity index (χ4v) is 2.41. The molecule has 0 aliphatic heterocycles. The minimum Gasteiger partial charge on any atom is -0.378 e. The SMILES string of the molecule is Cc1ccc(NCc2nc3ccccc3c(=O)[nH]2)c(C)c1. The molecule has 0 bridgehead atoms. The molecule has 0 aliphatic rings. The Morgan fingerprint density at radius 2 is 1.95 bits per heavy atom. The molecule has 0 amide bonds. The van der Waals surface area contributed by atoms with Crippen LogP contribution in [0.3, 0.4) is 0 Å². The van der Waals surface area contributed by atoms with Gasteiger partial charge >= 0.3 is 0 Å². The fraction of sp³-hybridized carbons (Fsp3) is 0.176. The number of aromatic nitrogens is 2. The van der Waals surface area contributed by atoms with Crippen molar-refractivity contribution in [2.24, 2.45) is 0 Å². The third kappa shape index (κ3) is 2.79. The van der Waals surface area contributed by atoms with Crippen LogP contribution in [0.1, 0.15) is 17.0 Å². The second-order valence-electron chi connectivity index (χ2n) is 5.20. The molecule has 0 radical (unpaired) electrons. The van der Waals surface area contributed by atoms with Gasteiger partial charge < -0.3 is 10.3 Å². The summed E-state index contributed by atoms with van der Waals surface area (Å²) in [7, 11) is 0. The van der Waals surface area contributed by atoms with Crippen LogP contribution < -0.4 is 10.9 Å². The van der Waals surface area contributed by atoms with Crippen molar-refractivity contribution in [2.75, 3.05) is 5.32 Å². The summed E-state index contributed by atoms with van der Waals surface area (Å²) in [5, 5.41) is 3.93. The first-order valence-electron chi connectivity index (χ1n) is 6.92. The predicted molar refractivity (Wildman–Crippen MR) is 85.6 cm³/mol. The Morgan fingerprint density at radius 1 is 1.14 bits per heavy atom. The highest BCUT2D eigenvalue weighted by molar-refractivity contribution is 5.77. The van der Waals surface area contributed by atoms with Crippen LogP contribution in [-0.4, -0.2) is 9.97 Å². The molecular formula is C17H17N3O. The zero-order valence-electron chi connectivity index (χ0n) is 12.1. The molecule has 0 aliphatic carbocycles. The minimum atomic E-state index is -0.0990. The molecule has 2 aromatic carbocycles. The van der Waals surface area contributed by atoms with Crippen LogP contribution in [-0.2, 0) is 6.54 Å². The molecule has 0 unspecified atom stereocenters. The Kier molecular flexibility index (Phi) is 3.44. The van der Waals surface area contributed by atoms with Gasteiger partial charge in [0.05, 0.1) is 17.4 Å². The zero-order chi connectivity index (χ0) is 14.8. The average molecular weight is 279 g/mol. The van der Waals surface area contributed by atoms with Crippen LogP contribution in [0.2, 0.25) is 0 Å². The fourth-order valence-electron chi connectivity index (χ4n) is 2.41. The van der Waals surface area contributed by atoms with Crippen molar-refractivity contribution in [1.29, 1.82) is 0 Å². The summed E-state index contributed by atoms with van der Waals surface area (Å²) < 4.78 is 0. The van der Waals surface area contributed by atoms with E-state index in [1.807, 2.05) is 24.3 Å². The van der Waals surface area contributed by atoms with Crippen molar-refractivity contribution in [2.45, 2.75) is 20.4 Å². The Hall–Kier alpha value is -2.62. The topological polar surface area (TPSA) is 57.8 Å². The lowest BCUT2D eigenvalue weighted by atomic mass is 10.1. The van der Waals surface area contributed by atoms with Crippen LogP contribution in [0, 0.1) is 13.8 Å². The summed E-state index contributed by atoms with van der Waals surface area (Å²) in [6.07, 6.45) is 0. The maximum atomic E-state index is 12.0. The van der Waals surface area contributed by atoms with E-state index in [1.54, 1.807) is 6.07 Å². The first kappa shape index (κ1) is 13.4. The summed E-state index contributed by atoms with van der Waals surface area (Å²) >= 11 is 0. The number of fused-ring (bicyclic) bond motifs is 1. The highest BCUT2D eigenvalue weighted by Crippen LogP contribution is 2.16. The third-order valence-corrected chi connectivity index (χ3v) is 3.49. The van der Waals surface area contributed by atoms with E-state index in [9.17, 15) is 4.79 Å². The lowest BCUT2D eigenvalue weighted by Crippen LogP contribution is -2.14. The summed E-state index contributed by atoms with van der Waals surface area (Å²) in [5.41, 5.74) is 4.08. The summed E-state index contributed by atoms with van der Waals surface area (Å²) in [6, 6.07) is 13.6. The monoisotopic (exact) mass is 279 g/mol. The molecule has 0 saturated carbocycles. The Balaban J connectivity index is 1.87. The lowest BCUT2D eigenvalue weighted by molar-refractivity contribution is 0.951. The zero-order valence-corrected chi connectivity index (χ0v) is 12.1. The third-order valence-electron chi connectivity index (χ3n) is 3.49. The molecule has 3 aromatic rings. The van der Waals surface area contributed by atoms with E-state index in [1.165, 1.54) is 11.1 Å². The highest BCUT2D eigenvalue weighted by Gasteiger charge is 2.04. The van der Waals surface area contributed by atoms with Gasteiger partial charge in [0.25, 0.3) is 5.56 Å². The van der Waals surface area contributed by atoms with E-state index >= 15 is 0 Å². The molecule has 0 spiro atoms. The number of hydrogen-bond donors (Lipinski definition) is 2. The molecule has 21 heavy (non-hydrogen) atoms. The number of benzene rings is 2. The van der Waals surface area contributed by atoms with Crippen molar-refractivity contribution < 1.29 is 0 Å². The Bertz CT molecular complexity index is 852. The molecule has 106 valence electrons. The molecule has 0 fully saturated rings. The number of rotatable bonds is 3. The smallest absolute Gasteiger partial charge is 0.258 e. The minimum absolute atomic E-state index is 0.0990. The van der Waals surface area contributed by atoms with E-state index < -0.39 is 0 Å². The van der Waals surface area contributed by atoms with Crippen LogP contribution >= 0.6 is 0 Å². The number of nitrogens with zero attached hydrogens (tertiary/aromatic N) is 1. The number of aryl methyl sites for hydroxylation is 2. The van der Waals surface area contributed by atoms with Crippen molar-refractivity contribution in [3.8, 4) is 0 Å². The quantitative estimate of drug-likeness (QED) is 0.774. The van der Waals surface area contributed by atoms with E-state index in [0.29, 0.717) is 17.8 Å². The second kappa shape index (κ2) is 5.40. The van der Waals surface area contributed by atoms with Gasteiger partial charge in [-0.15, -0.1) is 0 Å². The van der Waals surface area contributed by atoms with Crippen molar-refractivity contribution >= 4 is 16.6 Å². The normalized spacial score (nSPS) is 10.8. The molecule has 0 saturated heterocycles. The van der Waals surface area contributed by atoms with E-state index in [-0.39, 0.29) is 5.56 Å². The van der Waals surface area contributed by atoms with Crippen molar-refractivity contribution in [3.05, 3.63) is 69.8 Å². The number of aromatic amines is 1. The average Bonchev–Trinajstić information content (AvgIpc) is 2.46. The van der Waals surface area contributed by atoms with Crippen molar-refractivity contribution in [1.82, 2.24) is 9.97 Å². The van der Waals surface area contributed by atoms with Gasteiger partial charge in [0.2, 0.25) is 0 Å². The van der Waals surface area contributed by atoms with E-state index in [4.69, 9.17) is 0 Å². The first-order chi connectivity index (χ1) is 10.1. The molecule has 4 nitrogen and oxygen atoms in total. The summed E-state index contributed by atoms with van der Waals surface area (Å²) in [6.45, 7) is 4.62.